The molecule has 0 radical (unpaired) electrons. The number of furan rings is 1. The highest BCUT2D eigenvalue weighted by molar-refractivity contribution is 7.26. The lowest BCUT2D eigenvalue weighted by Gasteiger charge is -2.02. The molecule has 0 saturated heterocycles. The van der Waals surface area contributed by atoms with E-state index >= 15 is 0 Å². The van der Waals surface area contributed by atoms with Crippen LogP contribution in [0.3, 0.4) is 0 Å². The smallest absolute Gasteiger partial charge is 0.136 e. The van der Waals surface area contributed by atoms with Crippen molar-refractivity contribution in [1.29, 1.82) is 0 Å². The van der Waals surface area contributed by atoms with Crippen LogP contribution in [-0.2, 0) is 0 Å². The molecule has 0 aliphatic rings. The average molecular weight is 385 g/mol. The molecule has 128 valence electrons. The second-order valence-electron chi connectivity index (χ2n) is 6.73. The predicted octanol–water partition coefficient (Wildman–Crippen LogP) is 8.27. The molecule has 0 atom stereocenters. The van der Waals surface area contributed by atoms with Gasteiger partial charge in [-0.3, -0.25) is 0 Å². The SMILES string of the molecule is Clc1ccc2oc3ccc4sc5ccc(-c6ccccc6)cc5c4c3c2c1. The highest BCUT2D eigenvalue weighted by Crippen LogP contribution is 2.43. The van der Waals surface area contributed by atoms with Crippen LogP contribution in [0.2, 0.25) is 5.02 Å². The first kappa shape index (κ1) is 15.3. The van der Waals surface area contributed by atoms with Gasteiger partial charge in [0.1, 0.15) is 11.2 Å². The van der Waals surface area contributed by atoms with E-state index in [0.717, 1.165) is 27.0 Å². The van der Waals surface area contributed by atoms with E-state index in [4.69, 9.17) is 16.0 Å². The zero-order chi connectivity index (χ0) is 18.0. The zero-order valence-electron chi connectivity index (χ0n) is 14.2. The van der Waals surface area contributed by atoms with Crippen molar-refractivity contribution in [3.63, 3.8) is 0 Å². The lowest BCUT2D eigenvalue weighted by molar-refractivity contribution is 0.669. The normalized spacial score (nSPS) is 11.9. The number of thiophene rings is 1. The third kappa shape index (κ3) is 2.24. The maximum absolute atomic E-state index is 6.29. The Hall–Kier alpha value is -2.81. The summed E-state index contributed by atoms with van der Waals surface area (Å²) < 4.78 is 8.65. The molecule has 0 aliphatic heterocycles. The summed E-state index contributed by atoms with van der Waals surface area (Å²) in [4.78, 5) is 0. The van der Waals surface area contributed by atoms with Gasteiger partial charge in [0.25, 0.3) is 0 Å². The number of fused-ring (bicyclic) bond motifs is 7. The molecular formula is C24H13ClOS. The fraction of sp³-hybridized carbons (Fsp3) is 0. The van der Waals surface area contributed by atoms with Crippen molar-refractivity contribution in [2.24, 2.45) is 0 Å². The summed E-state index contributed by atoms with van der Waals surface area (Å²) in [6.45, 7) is 0. The van der Waals surface area contributed by atoms with Crippen molar-refractivity contribution >= 4 is 65.0 Å². The van der Waals surface area contributed by atoms with Gasteiger partial charge in [-0.1, -0.05) is 48.0 Å². The maximum atomic E-state index is 6.29. The molecule has 0 aliphatic carbocycles. The summed E-state index contributed by atoms with van der Waals surface area (Å²) in [5.74, 6) is 0. The fourth-order valence-corrected chi connectivity index (χ4v) is 5.18. The molecule has 0 bridgehead atoms. The van der Waals surface area contributed by atoms with Gasteiger partial charge in [-0.05, 0) is 53.6 Å². The van der Waals surface area contributed by atoms with E-state index in [1.165, 1.54) is 31.3 Å². The lowest BCUT2D eigenvalue weighted by Crippen LogP contribution is -1.77. The van der Waals surface area contributed by atoms with E-state index in [1.54, 1.807) is 0 Å². The van der Waals surface area contributed by atoms with Gasteiger partial charge < -0.3 is 4.42 Å². The van der Waals surface area contributed by atoms with Gasteiger partial charge >= 0.3 is 0 Å². The summed E-state index contributed by atoms with van der Waals surface area (Å²) in [5, 5.41) is 5.48. The highest BCUT2D eigenvalue weighted by atomic mass is 35.5. The van der Waals surface area contributed by atoms with Crippen LogP contribution in [0.15, 0.2) is 83.3 Å². The molecule has 1 nitrogen and oxygen atoms in total. The van der Waals surface area contributed by atoms with Crippen LogP contribution >= 0.6 is 22.9 Å². The molecule has 3 heteroatoms. The first-order valence-corrected chi connectivity index (χ1v) is 10.00. The summed E-state index contributed by atoms with van der Waals surface area (Å²) in [6.07, 6.45) is 0. The van der Waals surface area contributed by atoms with E-state index in [1.807, 2.05) is 35.6 Å². The molecule has 0 saturated carbocycles. The third-order valence-electron chi connectivity index (χ3n) is 5.14. The lowest BCUT2D eigenvalue weighted by atomic mass is 10.0. The van der Waals surface area contributed by atoms with Gasteiger partial charge in [0.2, 0.25) is 0 Å². The van der Waals surface area contributed by atoms with Crippen LogP contribution in [0.25, 0.3) is 53.2 Å². The molecule has 0 fully saturated rings. The van der Waals surface area contributed by atoms with E-state index in [0.29, 0.717) is 0 Å². The Bertz CT molecular complexity index is 1470. The fourth-order valence-electron chi connectivity index (χ4n) is 3.92. The number of hydrogen-bond donors (Lipinski definition) is 0. The standard InChI is InChI=1S/C24H13ClOS/c25-16-7-8-19-17(13-16)23-20(26-19)9-11-22-24(23)18-12-15(6-10-21(18)27-22)14-4-2-1-3-5-14/h1-13H. The van der Waals surface area contributed by atoms with Gasteiger partial charge in [0.15, 0.2) is 0 Å². The predicted molar refractivity (Wildman–Crippen MR) is 117 cm³/mol. The number of hydrogen-bond acceptors (Lipinski definition) is 2. The van der Waals surface area contributed by atoms with E-state index in [-0.39, 0.29) is 0 Å². The Morgan fingerprint density at radius 1 is 0.630 bits per heavy atom. The van der Waals surface area contributed by atoms with Gasteiger partial charge in [0.05, 0.1) is 0 Å². The van der Waals surface area contributed by atoms with Crippen molar-refractivity contribution in [3.05, 3.63) is 83.9 Å². The minimum absolute atomic E-state index is 0.728. The molecule has 2 heterocycles. The van der Waals surface area contributed by atoms with Crippen LogP contribution in [0.1, 0.15) is 0 Å². The highest BCUT2D eigenvalue weighted by Gasteiger charge is 2.15. The molecule has 27 heavy (non-hydrogen) atoms. The van der Waals surface area contributed by atoms with Crippen molar-refractivity contribution < 1.29 is 4.42 Å². The number of benzene rings is 4. The van der Waals surface area contributed by atoms with Crippen molar-refractivity contribution in [2.45, 2.75) is 0 Å². The Kier molecular flexibility index (Phi) is 3.16. The largest absolute Gasteiger partial charge is 0.456 e. The minimum atomic E-state index is 0.728. The summed E-state index contributed by atoms with van der Waals surface area (Å²) >= 11 is 8.11. The molecule has 4 aromatic carbocycles. The quantitative estimate of drug-likeness (QED) is 0.278. The molecule has 0 N–H and O–H groups in total. The van der Waals surface area contributed by atoms with Crippen LogP contribution in [0, 0.1) is 0 Å². The van der Waals surface area contributed by atoms with E-state index < -0.39 is 0 Å². The topological polar surface area (TPSA) is 13.1 Å². The van der Waals surface area contributed by atoms with E-state index in [2.05, 4.69) is 54.6 Å². The monoisotopic (exact) mass is 384 g/mol. The summed E-state index contributed by atoms with van der Waals surface area (Å²) in [6, 6.07) is 27.3. The van der Waals surface area contributed by atoms with E-state index in [9.17, 15) is 0 Å². The van der Waals surface area contributed by atoms with Crippen LogP contribution < -0.4 is 0 Å². The molecule has 0 unspecified atom stereocenters. The molecule has 0 spiro atoms. The van der Waals surface area contributed by atoms with Gasteiger partial charge in [0, 0.05) is 36.0 Å². The number of halogens is 1. The zero-order valence-corrected chi connectivity index (χ0v) is 15.8. The second-order valence-corrected chi connectivity index (χ2v) is 8.25. The van der Waals surface area contributed by atoms with Crippen molar-refractivity contribution in [3.8, 4) is 11.1 Å². The molecule has 0 amide bonds. The summed E-state index contributed by atoms with van der Waals surface area (Å²) in [7, 11) is 0. The minimum Gasteiger partial charge on any atom is -0.456 e. The third-order valence-corrected chi connectivity index (χ3v) is 6.51. The average Bonchev–Trinajstić information content (AvgIpc) is 3.25. The first-order valence-electron chi connectivity index (χ1n) is 8.80. The Balaban J connectivity index is 1.79. The van der Waals surface area contributed by atoms with Gasteiger partial charge in [-0.15, -0.1) is 11.3 Å². The first-order chi connectivity index (χ1) is 13.3. The van der Waals surface area contributed by atoms with Crippen LogP contribution in [0.5, 0.6) is 0 Å². The second kappa shape index (κ2) is 5.59. The molecule has 6 rings (SSSR count). The molecule has 2 aromatic heterocycles. The maximum Gasteiger partial charge on any atom is 0.136 e. The summed E-state index contributed by atoms with van der Waals surface area (Å²) in [5.41, 5.74) is 4.24. The van der Waals surface area contributed by atoms with Crippen LogP contribution in [-0.4, -0.2) is 0 Å². The van der Waals surface area contributed by atoms with Crippen LogP contribution in [0.4, 0.5) is 0 Å². The van der Waals surface area contributed by atoms with Gasteiger partial charge in [-0.2, -0.15) is 0 Å². The Labute approximate surface area is 164 Å². The number of rotatable bonds is 1. The van der Waals surface area contributed by atoms with Crippen molar-refractivity contribution in [2.75, 3.05) is 0 Å². The van der Waals surface area contributed by atoms with Gasteiger partial charge in [-0.25, -0.2) is 0 Å². The molecule has 6 aromatic rings. The Morgan fingerprint density at radius 2 is 1.44 bits per heavy atom. The Morgan fingerprint density at radius 3 is 2.33 bits per heavy atom. The molecular weight excluding hydrogens is 372 g/mol. The van der Waals surface area contributed by atoms with Crippen molar-refractivity contribution in [1.82, 2.24) is 0 Å².